The molecule has 1 aliphatic heterocycles. The molecule has 2 nitrogen and oxygen atoms in total. The van der Waals surface area contributed by atoms with E-state index in [4.69, 9.17) is 0 Å². The molecule has 0 saturated carbocycles. The van der Waals surface area contributed by atoms with Crippen LogP contribution >= 0.6 is 0 Å². The SMILES string of the molecule is CC(C)C1Cc2cc3cc(C(F)(F)F)cnc3n2CC1(F)F. The van der Waals surface area contributed by atoms with Crippen LogP contribution in [0.3, 0.4) is 0 Å². The van der Waals surface area contributed by atoms with Crippen LogP contribution in [0, 0.1) is 11.8 Å². The van der Waals surface area contributed by atoms with Gasteiger partial charge in [0.1, 0.15) is 5.65 Å². The van der Waals surface area contributed by atoms with E-state index in [1.54, 1.807) is 19.9 Å². The Hall–Kier alpha value is -1.66. The Balaban J connectivity index is 2.11. The highest BCUT2D eigenvalue weighted by Gasteiger charge is 2.46. The van der Waals surface area contributed by atoms with Crippen molar-refractivity contribution in [3.63, 3.8) is 0 Å². The fraction of sp³-hybridized carbons (Fsp3) is 0.533. The summed E-state index contributed by atoms with van der Waals surface area (Å²) in [4.78, 5) is 3.77. The van der Waals surface area contributed by atoms with Crippen LogP contribution in [0.1, 0.15) is 25.1 Å². The van der Waals surface area contributed by atoms with Crippen molar-refractivity contribution in [2.24, 2.45) is 11.8 Å². The zero-order valence-corrected chi connectivity index (χ0v) is 12.1. The van der Waals surface area contributed by atoms with Crippen LogP contribution in [0.4, 0.5) is 22.0 Å². The van der Waals surface area contributed by atoms with E-state index in [1.165, 1.54) is 4.57 Å². The highest BCUT2D eigenvalue weighted by Crippen LogP contribution is 2.41. The van der Waals surface area contributed by atoms with Gasteiger partial charge in [-0.1, -0.05) is 13.8 Å². The number of rotatable bonds is 1. The Bertz CT molecular complexity index is 715. The van der Waals surface area contributed by atoms with Gasteiger partial charge in [0.25, 0.3) is 5.92 Å². The van der Waals surface area contributed by atoms with Crippen molar-refractivity contribution in [2.45, 2.75) is 38.9 Å². The molecule has 2 aromatic rings. The summed E-state index contributed by atoms with van der Waals surface area (Å²) in [6, 6.07) is 2.51. The lowest BCUT2D eigenvalue weighted by atomic mass is 9.83. The molecule has 3 heterocycles. The fourth-order valence-corrected chi connectivity index (χ4v) is 3.13. The molecular weight excluding hydrogens is 303 g/mol. The van der Waals surface area contributed by atoms with E-state index in [-0.39, 0.29) is 23.4 Å². The Morgan fingerprint density at radius 1 is 1.27 bits per heavy atom. The summed E-state index contributed by atoms with van der Waals surface area (Å²) in [6.07, 6.45) is -3.65. The lowest BCUT2D eigenvalue weighted by Gasteiger charge is -2.35. The molecule has 0 bridgehead atoms. The standard InChI is InChI=1S/C15H15F5N2/c1-8(2)12-5-11-4-9-3-10(15(18,19)20)6-21-13(9)22(11)7-14(12,16)17/h3-4,6,8,12H,5,7H2,1-2H3. The fourth-order valence-electron chi connectivity index (χ4n) is 3.13. The third kappa shape index (κ3) is 2.36. The first-order valence-corrected chi connectivity index (χ1v) is 7.03. The first-order chi connectivity index (χ1) is 10.1. The topological polar surface area (TPSA) is 17.8 Å². The smallest absolute Gasteiger partial charge is 0.324 e. The van der Waals surface area contributed by atoms with Gasteiger partial charge in [-0.15, -0.1) is 0 Å². The molecule has 7 heteroatoms. The molecule has 0 spiro atoms. The summed E-state index contributed by atoms with van der Waals surface area (Å²) >= 11 is 0. The van der Waals surface area contributed by atoms with Crippen LogP contribution in [0.25, 0.3) is 11.0 Å². The van der Waals surface area contributed by atoms with Crippen molar-refractivity contribution in [1.82, 2.24) is 9.55 Å². The minimum absolute atomic E-state index is 0.141. The van der Waals surface area contributed by atoms with Gasteiger partial charge in [0.15, 0.2) is 0 Å². The van der Waals surface area contributed by atoms with Gasteiger partial charge in [-0.05, 0) is 24.5 Å². The predicted molar refractivity (Wildman–Crippen MR) is 71.7 cm³/mol. The molecular formula is C15H15F5N2. The summed E-state index contributed by atoms with van der Waals surface area (Å²) in [7, 11) is 0. The summed E-state index contributed by atoms with van der Waals surface area (Å²) in [5.74, 6) is -3.91. The van der Waals surface area contributed by atoms with Crippen molar-refractivity contribution in [2.75, 3.05) is 0 Å². The van der Waals surface area contributed by atoms with Gasteiger partial charge >= 0.3 is 6.18 Å². The molecule has 1 aliphatic rings. The Labute approximate surface area is 123 Å². The van der Waals surface area contributed by atoms with Crippen molar-refractivity contribution in [1.29, 1.82) is 0 Å². The summed E-state index contributed by atoms with van der Waals surface area (Å²) < 4.78 is 68.0. The van der Waals surface area contributed by atoms with E-state index in [0.29, 0.717) is 11.9 Å². The van der Waals surface area contributed by atoms with Crippen LogP contribution in [-0.2, 0) is 19.1 Å². The molecule has 0 amide bonds. The maximum absolute atomic E-state index is 14.2. The summed E-state index contributed by atoms with van der Waals surface area (Å²) in [5, 5.41) is 0.255. The average molecular weight is 318 g/mol. The normalized spacial score (nSPS) is 21.4. The van der Waals surface area contributed by atoms with Gasteiger partial charge < -0.3 is 4.57 Å². The number of aromatic nitrogens is 2. The monoisotopic (exact) mass is 318 g/mol. The molecule has 1 unspecified atom stereocenters. The molecule has 1 atom stereocenters. The van der Waals surface area contributed by atoms with E-state index in [0.717, 1.165) is 6.07 Å². The van der Waals surface area contributed by atoms with Crippen LogP contribution < -0.4 is 0 Å². The molecule has 0 aliphatic carbocycles. The van der Waals surface area contributed by atoms with Crippen molar-refractivity contribution in [3.05, 3.63) is 29.6 Å². The van der Waals surface area contributed by atoms with Crippen molar-refractivity contribution in [3.8, 4) is 0 Å². The van der Waals surface area contributed by atoms with E-state index < -0.39 is 30.1 Å². The van der Waals surface area contributed by atoms with Crippen LogP contribution in [0.15, 0.2) is 18.3 Å². The van der Waals surface area contributed by atoms with Crippen LogP contribution in [-0.4, -0.2) is 15.5 Å². The Kier molecular flexibility index (Phi) is 3.23. The Morgan fingerprint density at radius 2 is 1.95 bits per heavy atom. The number of nitrogens with zero attached hydrogens (tertiary/aromatic N) is 2. The predicted octanol–water partition coefficient (Wildman–Crippen LogP) is 4.52. The molecule has 0 saturated heterocycles. The van der Waals surface area contributed by atoms with Gasteiger partial charge in [-0.25, -0.2) is 13.8 Å². The van der Waals surface area contributed by atoms with E-state index in [1.807, 2.05) is 0 Å². The van der Waals surface area contributed by atoms with Crippen LogP contribution in [0.2, 0.25) is 0 Å². The number of pyridine rings is 1. The second-order valence-corrected chi connectivity index (χ2v) is 6.17. The van der Waals surface area contributed by atoms with E-state index >= 15 is 0 Å². The average Bonchev–Trinajstić information content (AvgIpc) is 2.72. The lowest BCUT2D eigenvalue weighted by Crippen LogP contribution is -2.42. The zero-order chi connectivity index (χ0) is 16.3. The second kappa shape index (κ2) is 4.67. The van der Waals surface area contributed by atoms with Gasteiger partial charge in [-0.3, -0.25) is 0 Å². The number of hydrogen-bond acceptors (Lipinski definition) is 1. The third-order valence-corrected chi connectivity index (χ3v) is 4.29. The first-order valence-electron chi connectivity index (χ1n) is 7.03. The quantitative estimate of drug-likeness (QED) is 0.707. The lowest BCUT2D eigenvalue weighted by molar-refractivity contribution is -0.137. The zero-order valence-electron chi connectivity index (χ0n) is 12.1. The number of hydrogen-bond donors (Lipinski definition) is 0. The van der Waals surface area contributed by atoms with Crippen molar-refractivity contribution < 1.29 is 22.0 Å². The maximum Gasteiger partial charge on any atom is 0.417 e. The molecule has 3 rings (SSSR count). The molecule has 120 valence electrons. The Morgan fingerprint density at radius 3 is 2.55 bits per heavy atom. The maximum atomic E-state index is 14.2. The minimum atomic E-state index is -4.49. The molecule has 0 aromatic carbocycles. The number of fused-ring (bicyclic) bond motifs is 3. The molecule has 0 radical (unpaired) electrons. The first kappa shape index (κ1) is 15.2. The summed E-state index contributed by atoms with van der Waals surface area (Å²) in [6.45, 7) is 2.93. The highest BCUT2D eigenvalue weighted by atomic mass is 19.4. The van der Waals surface area contributed by atoms with Gasteiger partial charge in [-0.2, -0.15) is 13.2 Å². The van der Waals surface area contributed by atoms with Gasteiger partial charge in [0, 0.05) is 23.2 Å². The minimum Gasteiger partial charge on any atom is -0.324 e. The van der Waals surface area contributed by atoms with Crippen molar-refractivity contribution >= 4 is 11.0 Å². The van der Waals surface area contributed by atoms with Crippen LogP contribution in [0.5, 0.6) is 0 Å². The summed E-state index contributed by atoms with van der Waals surface area (Å²) in [5.41, 5.74) is -0.0635. The second-order valence-electron chi connectivity index (χ2n) is 6.17. The van der Waals surface area contributed by atoms with E-state index in [9.17, 15) is 22.0 Å². The largest absolute Gasteiger partial charge is 0.417 e. The highest BCUT2D eigenvalue weighted by molar-refractivity contribution is 5.78. The number of alkyl halides is 5. The van der Waals surface area contributed by atoms with Gasteiger partial charge in [0.05, 0.1) is 12.1 Å². The molecule has 22 heavy (non-hydrogen) atoms. The number of halogens is 5. The van der Waals surface area contributed by atoms with Gasteiger partial charge in [0.2, 0.25) is 0 Å². The third-order valence-electron chi connectivity index (χ3n) is 4.29. The molecule has 0 fully saturated rings. The van der Waals surface area contributed by atoms with E-state index in [2.05, 4.69) is 4.98 Å². The molecule has 2 aromatic heterocycles. The molecule has 0 N–H and O–H groups in total.